The lowest BCUT2D eigenvalue weighted by Crippen LogP contribution is -1.99. The van der Waals surface area contributed by atoms with E-state index in [0.29, 0.717) is 11.7 Å². The van der Waals surface area contributed by atoms with Crippen LogP contribution in [-0.4, -0.2) is 17.3 Å². The molecular formula is C7H12N2O2. The summed E-state index contributed by atoms with van der Waals surface area (Å²) in [5.41, 5.74) is 0. The lowest BCUT2D eigenvalue weighted by Gasteiger charge is -2.05. The first-order valence-corrected chi connectivity index (χ1v) is 3.61. The van der Waals surface area contributed by atoms with Gasteiger partial charge in [-0.25, -0.2) is 0 Å². The highest BCUT2D eigenvalue weighted by Crippen LogP contribution is 2.16. The third-order valence-electron chi connectivity index (χ3n) is 1.47. The van der Waals surface area contributed by atoms with Crippen molar-refractivity contribution >= 4 is 0 Å². The zero-order valence-corrected chi connectivity index (χ0v) is 7.00. The van der Waals surface area contributed by atoms with Crippen LogP contribution >= 0.6 is 0 Å². The Hall–Kier alpha value is -0.900. The topological polar surface area (TPSA) is 48.2 Å². The molecule has 0 saturated carbocycles. The van der Waals surface area contributed by atoms with Crippen LogP contribution in [-0.2, 0) is 4.74 Å². The van der Waals surface area contributed by atoms with Gasteiger partial charge >= 0.3 is 0 Å². The maximum absolute atomic E-state index is 5.10. The van der Waals surface area contributed by atoms with E-state index >= 15 is 0 Å². The average molecular weight is 156 g/mol. The van der Waals surface area contributed by atoms with Gasteiger partial charge in [-0.05, 0) is 13.3 Å². The molecule has 0 fully saturated rings. The minimum Gasteiger partial charge on any atom is -0.372 e. The fourth-order valence-electron chi connectivity index (χ4n) is 0.886. The van der Waals surface area contributed by atoms with Crippen molar-refractivity contribution < 1.29 is 9.26 Å². The molecule has 0 spiro atoms. The van der Waals surface area contributed by atoms with Gasteiger partial charge in [0.15, 0.2) is 5.82 Å². The van der Waals surface area contributed by atoms with E-state index in [4.69, 9.17) is 9.26 Å². The molecule has 0 radical (unpaired) electrons. The smallest absolute Gasteiger partial charge is 0.255 e. The van der Waals surface area contributed by atoms with Crippen LogP contribution in [0.5, 0.6) is 0 Å². The van der Waals surface area contributed by atoms with Crippen LogP contribution in [0.15, 0.2) is 4.52 Å². The SMILES string of the molecule is CCC(OC)c1nc(C)no1. The standard InChI is InChI=1S/C7H12N2O2/c1-4-6(10-3)7-8-5(2)9-11-7/h6H,4H2,1-3H3. The van der Waals surface area contributed by atoms with Gasteiger partial charge in [-0.3, -0.25) is 0 Å². The molecule has 11 heavy (non-hydrogen) atoms. The van der Waals surface area contributed by atoms with Gasteiger partial charge in [-0.2, -0.15) is 4.98 Å². The molecule has 1 aromatic heterocycles. The van der Waals surface area contributed by atoms with Crippen molar-refractivity contribution in [2.75, 3.05) is 7.11 Å². The van der Waals surface area contributed by atoms with Crippen LogP contribution in [0.4, 0.5) is 0 Å². The molecule has 1 unspecified atom stereocenters. The molecule has 0 aliphatic rings. The predicted molar refractivity (Wildman–Crippen MR) is 39.1 cm³/mol. The van der Waals surface area contributed by atoms with Crippen molar-refractivity contribution in [1.82, 2.24) is 10.1 Å². The third kappa shape index (κ3) is 1.77. The molecule has 0 bridgehead atoms. The number of hydrogen-bond donors (Lipinski definition) is 0. The molecule has 4 heteroatoms. The Kier molecular flexibility index (Phi) is 2.59. The Labute approximate surface area is 65.6 Å². The van der Waals surface area contributed by atoms with E-state index in [-0.39, 0.29) is 6.10 Å². The van der Waals surface area contributed by atoms with Gasteiger partial charge in [-0.15, -0.1) is 0 Å². The number of methoxy groups -OCH3 is 1. The number of ether oxygens (including phenoxy) is 1. The summed E-state index contributed by atoms with van der Waals surface area (Å²) in [6.45, 7) is 3.79. The van der Waals surface area contributed by atoms with E-state index in [1.54, 1.807) is 14.0 Å². The minimum absolute atomic E-state index is 0.0591. The van der Waals surface area contributed by atoms with Gasteiger partial charge in [0, 0.05) is 7.11 Å². The number of aromatic nitrogens is 2. The molecule has 1 heterocycles. The summed E-state index contributed by atoms with van der Waals surface area (Å²) in [5.74, 6) is 1.21. The Bertz CT molecular complexity index is 218. The highest BCUT2D eigenvalue weighted by atomic mass is 16.5. The number of rotatable bonds is 3. The van der Waals surface area contributed by atoms with E-state index < -0.39 is 0 Å². The molecule has 1 aromatic rings. The van der Waals surface area contributed by atoms with Crippen LogP contribution in [0.25, 0.3) is 0 Å². The Morgan fingerprint density at radius 1 is 1.64 bits per heavy atom. The third-order valence-corrected chi connectivity index (χ3v) is 1.47. The first-order chi connectivity index (χ1) is 5.27. The highest BCUT2D eigenvalue weighted by Gasteiger charge is 2.14. The maximum atomic E-state index is 5.10. The molecule has 0 aromatic carbocycles. The summed E-state index contributed by atoms with van der Waals surface area (Å²) in [6.07, 6.45) is 0.786. The summed E-state index contributed by atoms with van der Waals surface area (Å²) in [6, 6.07) is 0. The second kappa shape index (κ2) is 3.48. The van der Waals surface area contributed by atoms with Crippen LogP contribution < -0.4 is 0 Å². The van der Waals surface area contributed by atoms with E-state index in [2.05, 4.69) is 10.1 Å². The van der Waals surface area contributed by atoms with Crippen molar-refractivity contribution in [3.8, 4) is 0 Å². The molecule has 0 aliphatic carbocycles. The van der Waals surface area contributed by atoms with Crippen LogP contribution in [0.1, 0.15) is 31.2 Å². The zero-order chi connectivity index (χ0) is 8.27. The molecule has 1 atom stereocenters. The Morgan fingerprint density at radius 3 is 2.73 bits per heavy atom. The molecule has 1 rings (SSSR count). The largest absolute Gasteiger partial charge is 0.372 e. The molecule has 0 N–H and O–H groups in total. The van der Waals surface area contributed by atoms with E-state index in [1.165, 1.54) is 0 Å². The second-order valence-electron chi connectivity index (χ2n) is 2.31. The summed E-state index contributed by atoms with van der Waals surface area (Å²) < 4.78 is 10.0. The number of aryl methyl sites for hydroxylation is 1. The van der Waals surface area contributed by atoms with Crippen molar-refractivity contribution in [3.63, 3.8) is 0 Å². The van der Waals surface area contributed by atoms with E-state index in [1.807, 2.05) is 6.92 Å². The van der Waals surface area contributed by atoms with Crippen LogP contribution in [0.3, 0.4) is 0 Å². The lowest BCUT2D eigenvalue weighted by atomic mass is 10.3. The Balaban J connectivity index is 2.73. The van der Waals surface area contributed by atoms with Gasteiger partial charge in [0.05, 0.1) is 0 Å². The molecule has 0 amide bonds. The maximum Gasteiger partial charge on any atom is 0.255 e. The molecule has 0 saturated heterocycles. The van der Waals surface area contributed by atoms with Gasteiger partial charge in [-0.1, -0.05) is 12.1 Å². The summed E-state index contributed by atoms with van der Waals surface area (Å²) in [5, 5.41) is 3.67. The van der Waals surface area contributed by atoms with Gasteiger partial charge < -0.3 is 9.26 Å². The second-order valence-corrected chi connectivity index (χ2v) is 2.31. The van der Waals surface area contributed by atoms with Crippen LogP contribution in [0, 0.1) is 6.92 Å². The molecule has 4 nitrogen and oxygen atoms in total. The first-order valence-electron chi connectivity index (χ1n) is 3.61. The summed E-state index contributed by atoms with van der Waals surface area (Å²) >= 11 is 0. The monoisotopic (exact) mass is 156 g/mol. The van der Waals surface area contributed by atoms with Crippen molar-refractivity contribution in [2.45, 2.75) is 26.4 Å². The van der Waals surface area contributed by atoms with Gasteiger partial charge in [0.1, 0.15) is 6.10 Å². The normalized spacial score (nSPS) is 13.4. The van der Waals surface area contributed by atoms with Gasteiger partial charge in [0.25, 0.3) is 5.89 Å². The highest BCUT2D eigenvalue weighted by molar-refractivity contribution is 4.87. The molecule has 62 valence electrons. The molecular weight excluding hydrogens is 144 g/mol. The fourth-order valence-corrected chi connectivity index (χ4v) is 0.886. The summed E-state index contributed by atoms with van der Waals surface area (Å²) in [4.78, 5) is 4.05. The van der Waals surface area contributed by atoms with E-state index in [9.17, 15) is 0 Å². The first kappa shape index (κ1) is 8.20. The van der Waals surface area contributed by atoms with Crippen molar-refractivity contribution in [3.05, 3.63) is 11.7 Å². The zero-order valence-electron chi connectivity index (χ0n) is 7.00. The molecule has 0 aliphatic heterocycles. The fraction of sp³-hybridized carbons (Fsp3) is 0.714. The number of nitrogens with zero attached hydrogens (tertiary/aromatic N) is 2. The van der Waals surface area contributed by atoms with Crippen molar-refractivity contribution in [2.24, 2.45) is 0 Å². The predicted octanol–water partition coefficient (Wildman–Crippen LogP) is 1.48. The number of hydrogen-bond acceptors (Lipinski definition) is 4. The van der Waals surface area contributed by atoms with E-state index in [0.717, 1.165) is 6.42 Å². The summed E-state index contributed by atoms with van der Waals surface area (Å²) in [7, 11) is 1.63. The Morgan fingerprint density at radius 2 is 2.36 bits per heavy atom. The van der Waals surface area contributed by atoms with Crippen molar-refractivity contribution in [1.29, 1.82) is 0 Å². The quantitative estimate of drug-likeness (QED) is 0.665. The lowest BCUT2D eigenvalue weighted by molar-refractivity contribution is 0.0706. The average Bonchev–Trinajstić information content (AvgIpc) is 2.39. The van der Waals surface area contributed by atoms with Gasteiger partial charge in [0.2, 0.25) is 0 Å². The minimum atomic E-state index is -0.0591. The van der Waals surface area contributed by atoms with Crippen LogP contribution in [0.2, 0.25) is 0 Å².